The fourth-order valence-corrected chi connectivity index (χ4v) is 4.72. The summed E-state index contributed by atoms with van der Waals surface area (Å²) in [4.78, 5) is 37.6. The molecule has 2 aliphatic rings. The van der Waals surface area contributed by atoms with E-state index in [1.165, 1.54) is 4.90 Å². The van der Waals surface area contributed by atoms with Gasteiger partial charge in [0.25, 0.3) is 5.91 Å². The molecule has 1 fully saturated rings. The van der Waals surface area contributed by atoms with Gasteiger partial charge in [0, 0.05) is 32.5 Å². The maximum Gasteiger partial charge on any atom is 0.407 e. The molecule has 1 heterocycles. The number of likely N-dealkylation sites (N-methyl/N-ethyl adjacent to an activating group) is 1. The van der Waals surface area contributed by atoms with Gasteiger partial charge in [0.1, 0.15) is 6.61 Å². The van der Waals surface area contributed by atoms with Crippen molar-refractivity contribution in [3.63, 3.8) is 0 Å². The number of amides is 2. The molecule has 1 saturated heterocycles. The summed E-state index contributed by atoms with van der Waals surface area (Å²) in [5.74, 6) is -1.11. The molecule has 8 nitrogen and oxygen atoms in total. The fourth-order valence-electron chi connectivity index (χ4n) is 4.72. The minimum Gasteiger partial charge on any atom is -0.481 e. The second-order valence-corrected chi connectivity index (χ2v) is 8.77. The third-order valence-corrected chi connectivity index (χ3v) is 6.49. The number of rotatable bonds is 9. The highest BCUT2D eigenvalue weighted by atomic mass is 16.6. The quantitative estimate of drug-likeness (QED) is 0.549. The van der Waals surface area contributed by atoms with Crippen LogP contribution in [0.15, 0.2) is 48.5 Å². The van der Waals surface area contributed by atoms with Gasteiger partial charge in [-0.3, -0.25) is 9.59 Å². The Balaban J connectivity index is 1.31. The minimum atomic E-state index is -0.847. The van der Waals surface area contributed by atoms with Crippen molar-refractivity contribution in [1.29, 1.82) is 0 Å². The first kappa shape index (κ1) is 23.8. The first-order chi connectivity index (χ1) is 16.5. The van der Waals surface area contributed by atoms with Crippen molar-refractivity contribution in [2.45, 2.75) is 43.7 Å². The van der Waals surface area contributed by atoms with Crippen molar-refractivity contribution in [1.82, 2.24) is 10.2 Å². The van der Waals surface area contributed by atoms with E-state index in [9.17, 15) is 14.4 Å². The zero-order valence-corrected chi connectivity index (χ0v) is 19.2. The van der Waals surface area contributed by atoms with Crippen LogP contribution in [0.4, 0.5) is 4.79 Å². The van der Waals surface area contributed by atoms with E-state index in [-0.39, 0.29) is 24.9 Å². The molecule has 0 bridgehead atoms. The van der Waals surface area contributed by atoms with Crippen molar-refractivity contribution in [2.75, 3.05) is 26.8 Å². The zero-order chi connectivity index (χ0) is 24.1. The van der Waals surface area contributed by atoms with Crippen molar-refractivity contribution in [3.05, 3.63) is 59.7 Å². The molecule has 2 amide bonds. The number of alkyl carbamates (subject to hydrolysis) is 1. The van der Waals surface area contributed by atoms with Crippen molar-refractivity contribution in [2.24, 2.45) is 0 Å². The number of fused-ring (bicyclic) bond motifs is 3. The van der Waals surface area contributed by atoms with Crippen LogP contribution in [0, 0.1) is 0 Å². The van der Waals surface area contributed by atoms with Gasteiger partial charge in [-0.1, -0.05) is 48.5 Å². The van der Waals surface area contributed by atoms with Gasteiger partial charge >= 0.3 is 12.1 Å². The Morgan fingerprint density at radius 2 is 1.71 bits per heavy atom. The monoisotopic (exact) mass is 466 g/mol. The smallest absolute Gasteiger partial charge is 0.407 e. The summed E-state index contributed by atoms with van der Waals surface area (Å²) in [6.45, 7) is 1.01. The SMILES string of the molecule is CN(CCCCC(=O)O)C(=O)[C@@H]1OCC[C@@H]1NC(=O)OCC1c2ccccc2-c2ccccc21. The molecule has 0 radical (unpaired) electrons. The number of carbonyl (C=O) groups is 3. The van der Waals surface area contributed by atoms with Crippen LogP contribution >= 0.6 is 0 Å². The Bertz CT molecular complexity index is 1010. The van der Waals surface area contributed by atoms with E-state index in [0.29, 0.717) is 32.4 Å². The molecule has 2 aromatic rings. The topological polar surface area (TPSA) is 105 Å². The van der Waals surface area contributed by atoms with E-state index in [1.54, 1.807) is 7.05 Å². The van der Waals surface area contributed by atoms with E-state index in [2.05, 4.69) is 29.6 Å². The third kappa shape index (κ3) is 5.22. The lowest BCUT2D eigenvalue weighted by molar-refractivity contribution is -0.140. The summed E-state index contributed by atoms with van der Waals surface area (Å²) in [6, 6.07) is 15.8. The first-order valence-corrected chi connectivity index (χ1v) is 11.7. The van der Waals surface area contributed by atoms with Crippen molar-refractivity contribution in [3.8, 4) is 11.1 Å². The number of aliphatic carboxylic acids is 1. The zero-order valence-electron chi connectivity index (χ0n) is 19.2. The molecule has 2 atom stereocenters. The predicted molar refractivity (Wildman–Crippen MR) is 125 cm³/mol. The maximum absolute atomic E-state index is 12.8. The molecule has 34 heavy (non-hydrogen) atoms. The van der Waals surface area contributed by atoms with Gasteiger partial charge in [-0.25, -0.2) is 4.79 Å². The van der Waals surface area contributed by atoms with Crippen LogP contribution < -0.4 is 5.32 Å². The lowest BCUT2D eigenvalue weighted by atomic mass is 9.98. The summed E-state index contributed by atoms with van der Waals surface area (Å²) in [5.41, 5.74) is 4.60. The number of carbonyl (C=O) groups excluding carboxylic acids is 2. The number of unbranched alkanes of at least 4 members (excludes halogenated alkanes) is 1. The molecule has 180 valence electrons. The van der Waals surface area contributed by atoms with Gasteiger partial charge in [0.15, 0.2) is 6.10 Å². The number of nitrogens with zero attached hydrogens (tertiary/aromatic N) is 1. The standard InChI is InChI=1S/C26H30N2O6/c1-28(14-7-6-12-23(29)30)25(31)24-22(13-15-33-24)27-26(32)34-16-21-19-10-4-2-8-17(19)18-9-3-5-11-20(18)21/h2-5,8-11,21-22,24H,6-7,12-16H2,1H3,(H,27,32)(H,29,30)/t22-,24+/m0/s1. The van der Waals surface area contributed by atoms with Gasteiger partial charge < -0.3 is 24.8 Å². The lowest BCUT2D eigenvalue weighted by Crippen LogP contribution is -2.49. The number of carboxylic acid groups (broad SMARTS) is 1. The molecule has 2 N–H and O–H groups in total. The highest BCUT2D eigenvalue weighted by molar-refractivity contribution is 5.83. The van der Waals surface area contributed by atoms with Crippen molar-refractivity contribution < 1.29 is 29.0 Å². The number of benzene rings is 2. The van der Waals surface area contributed by atoms with Crippen molar-refractivity contribution >= 4 is 18.0 Å². The van der Waals surface area contributed by atoms with E-state index >= 15 is 0 Å². The number of carboxylic acids is 1. The summed E-state index contributed by atoms with van der Waals surface area (Å²) in [7, 11) is 1.66. The first-order valence-electron chi connectivity index (χ1n) is 11.7. The highest BCUT2D eigenvalue weighted by Crippen LogP contribution is 2.44. The average Bonchev–Trinajstić information content (AvgIpc) is 3.42. The molecule has 4 rings (SSSR count). The molecule has 1 aliphatic heterocycles. The highest BCUT2D eigenvalue weighted by Gasteiger charge is 2.37. The Kier molecular flexibility index (Phi) is 7.47. The van der Waals surface area contributed by atoms with Gasteiger partial charge in [0.2, 0.25) is 0 Å². The molecule has 0 spiro atoms. The van der Waals surface area contributed by atoms with E-state index in [1.807, 2.05) is 24.3 Å². The van der Waals surface area contributed by atoms with Crippen LogP contribution in [0.3, 0.4) is 0 Å². The molecule has 0 aromatic heterocycles. The average molecular weight is 467 g/mol. The van der Waals surface area contributed by atoms with Crippen LogP contribution in [-0.2, 0) is 19.1 Å². The minimum absolute atomic E-state index is 0.0349. The molecule has 2 aromatic carbocycles. The second kappa shape index (κ2) is 10.7. The van der Waals surface area contributed by atoms with Gasteiger partial charge in [0.05, 0.1) is 6.04 Å². The molecule has 0 saturated carbocycles. The predicted octanol–water partition coefficient (Wildman–Crippen LogP) is 3.40. The van der Waals surface area contributed by atoms with Gasteiger partial charge in [-0.2, -0.15) is 0 Å². The normalized spacial score (nSPS) is 18.7. The second-order valence-electron chi connectivity index (χ2n) is 8.77. The van der Waals surface area contributed by atoms with E-state index in [4.69, 9.17) is 14.6 Å². The summed E-state index contributed by atoms with van der Waals surface area (Å²) < 4.78 is 11.2. The number of hydrogen-bond acceptors (Lipinski definition) is 5. The number of hydrogen-bond donors (Lipinski definition) is 2. The van der Waals surface area contributed by atoms with Crippen LogP contribution in [0.25, 0.3) is 11.1 Å². The largest absolute Gasteiger partial charge is 0.481 e. The Morgan fingerprint density at radius 1 is 1.06 bits per heavy atom. The molecular weight excluding hydrogens is 436 g/mol. The van der Waals surface area contributed by atoms with Gasteiger partial charge in [-0.05, 0) is 41.5 Å². The molecule has 1 aliphatic carbocycles. The van der Waals surface area contributed by atoms with Crippen LogP contribution in [0.2, 0.25) is 0 Å². The van der Waals surface area contributed by atoms with E-state index in [0.717, 1.165) is 22.3 Å². The van der Waals surface area contributed by atoms with E-state index < -0.39 is 24.2 Å². The van der Waals surface area contributed by atoms with Crippen LogP contribution in [-0.4, -0.2) is 66.9 Å². The van der Waals surface area contributed by atoms with Crippen LogP contribution in [0.1, 0.15) is 42.7 Å². The Hall–Kier alpha value is -3.39. The number of ether oxygens (including phenoxy) is 2. The van der Waals surface area contributed by atoms with Gasteiger partial charge in [-0.15, -0.1) is 0 Å². The fraction of sp³-hybridized carbons (Fsp3) is 0.423. The molecule has 0 unspecified atom stereocenters. The Labute approximate surface area is 198 Å². The summed E-state index contributed by atoms with van der Waals surface area (Å²) >= 11 is 0. The lowest BCUT2D eigenvalue weighted by Gasteiger charge is -2.25. The maximum atomic E-state index is 12.8. The third-order valence-electron chi connectivity index (χ3n) is 6.49. The summed E-state index contributed by atoms with van der Waals surface area (Å²) in [6.07, 6.45) is 0.344. The Morgan fingerprint density at radius 3 is 2.35 bits per heavy atom. The number of nitrogens with one attached hydrogen (secondary N) is 1. The summed E-state index contributed by atoms with van der Waals surface area (Å²) in [5, 5.41) is 11.5. The van der Waals surface area contributed by atoms with Crippen LogP contribution in [0.5, 0.6) is 0 Å². The molecular formula is C26H30N2O6. The molecule has 8 heteroatoms.